The van der Waals surface area contributed by atoms with Gasteiger partial charge in [-0.05, 0) is 37.8 Å². The highest BCUT2D eigenvalue weighted by Crippen LogP contribution is 2.32. The van der Waals surface area contributed by atoms with Crippen LogP contribution in [0.4, 0.5) is 8.78 Å². The van der Waals surface area contributed by atoms with E-state index >= 15 is 0 Å². The molecule has 0 aromatic heterocycles. The van der Waals surface area contributed by atoms with Crippen molar-refractivity contribution in [3.63, 3.8) is 0 Å². The average Bonchev–Trinajstić information content (AvgIpc) is 3.39. The van der Waals surface area contributed by atoms with Gasteiger partial charge in [-0.25, -0.2) is 17.2 Å². The maximum Gasteiger partial charge on any atom is 0.246 e. The Morgan fingerprint density at radius 2 is 1.88 bits per heavy atom. The number of hydrogen-bond donors (Lipinski definition) is 1. The molecular formula is C17H23F2N3O3S. The molecule has 1 aliphatic heterocycles. The summed E-state index contributed by atoms with van der Waals surface area (Å²) in [4.78, 5) is 13.4. The van der Waals surface area contributed by atoms with Crippen LogP contribution in [-0.4, -0.2) is 62.3 Å². The maximum absolute atomic E-state index is 13.8. The first-order valence-corrected chi connectivity index (χ1v) is 10.2. The number of halogens is 2. The molecule has 2 fully saturated rings. The zero-order valence-corrected chi connectivity index (χ0v) is 15.4. The van der Waals surface area contributed by atoms with Gasteiger partial charge < -0.3 is 5.32 Å². The third kappa shape index (κ3) is 4.39. The number of sulfonamides is 1. The summed E-state index contributed by atoms with van der Waals surface area (Å²) in [6, 6.07) is 2.61. The SMILES string of the molecule is C[C@H](NC(=O)CN1CCN(S(=O)(=O)c2ccc(F)cc2F)CC1)C1CC1. The van der Waals surface area contributed by atoms with Gasteiger partial charge in [-0.2, -0.15) is 4.31 Å². The molecule has 1 atom stereocenters. The van der Waals surface area contributed by atoms with E-state index < -0.39 is 26.6 Å². The van der Waals surface area contributed by atoms with Gasteiger partial charge in [0.2, 0.25) is 15.9 Å². The summed E-state index contributed by atoms with van der Waals surface area (Å²) in [6.07, 6.45) is 2.30. The van der Waals surface area contributed by atoms with E-state index in [0.717, 1.165) is 25.0 Å². The number of nitrogens with one attached hydrogen (secondary N) is 1. The molecule has 2 aliphatic rings. The summed E-state index contributed by atoms with van der Waals surface area (Å²) in [5.74, 6) is -1.41. The van der Waals surface area contributed by atoms with Crippen LogP contribution in [0, 0.1) is 17.6 Å². The lowest BCUT2D eigenvalue weighted by Crippen LogP contribution is -2.51. The van der Waals surface area contributed by atoms with E-state index in [1.165, 1.54) is 4.31 Å². The summed E-state index contributed by atoms with van der Waals surface area (Å²) >= 11 is 0. The second-order valence-corrected chi connectivity index (χ2v) is 8.85. The monoisotopic (exact) mass is 387 g/mol. The topological polar surface area (TPSA) is 69.7 Å². The predicted octanol–water partition coefficient (Wildman–Crippen LogP) is 1.19. The van der Waals surface area contributed by atoms with Crippen molar-refractivity contribution >= 4 is 15.9 Å². The largest absolute Gasteiger partial charge is 0.352 e. The van der Waals surface area contributed by atoms with Crippen LogP contribution in [0.2, 0.25) is 0 Å². The van der Waals surface area contributed by atoms with Crippen molar-refractivity contribution in [3.8, 4) is 0 Å². The standard InChI is InChI=1S/C17H23F2N3O3S/c1-12(13-2-3-13)20-17(23)11-21-6-8-22(9-7-21)26(24,25)16-5-4-14(18)10-15(16)19/h4-5,10,12-13H,2-3,6-9,11H2,1H3,(H,20,23)/t12-/m0/s1. The van der Waals surface area contributed by atoms with Crippen LogP contribution in [-0.2, 0) is 14.8 Å². The third-order valence-electron chi connectivity index (χ3n) is 4.93. The Hall–Kier alpha value is -1.58. The van der Waals surface area contributed by atoms with Gasteiger partial charge in [-0.1, -0.05) is 0 Å². The molecule has 3 rings (SSSR count). The molecule has 1 heterocycles. The molecular weight excluding hydrogens is 364 g/mol. The second-order valence-electron chi connectivity index (χ2n) is 6.95. The molecule has 26 heavy (non-hydrogen) atoms. The van der Waals surface area contributed by atoms with Gasteiger partial charge in [0.15, 0.2) is 0 Å². The lowest BCUT2D eigenvalue weighted by atomic mass is 10.2. The zero-order valence-electron chi connectivity index (χ0n) is 14.6. The van der Waals surface area contributed by atoms with Crippen LogP contribution in [0.3, 0.4) is 0 Å². The minimum Gasteiger partial charge on any atom is -0.352 e. The second kappa shape index (κ2) is 7.58. The Labute approximate surface area is 152 Å². The maximum atomic E-state index is 13.8. The Kier molecular flexibility index (Phi) is 5.59. The number of rotatable bonds is 6. The van der Waals surface area contributed by atoms with Gasteiger partial charge in [0.25, 0.3) is 0 Å². The first-order chi connectivity index (χ1) is 12.3. The van der Waals surface area contributed by atoms with Crippen molar-refractivity contribution in [3.05, 3.63) is 29.8 Å². The quantitative estimate of drug-likeness (QED) is 0.796. The van der Waals surface area contributed by atoms with Crippen molar-refractivity contribution in [2.75, 3.05) is 32.7 Å². The van der Waals surface area contributed by atoms with E-state index in [-0.39, 0.29) is 31.6 Å². The summed E-state index contributed by atoms with van der Waals surface area (Å²) in [5, 5.41) is 2.97. The van der Waals surface area contributed by atoms with Gasteiger partial charge in [0.05, 0.1) is 6.54 Å². The van der Waals surface area contributed by atoms with Crippen LogP contribution in [0.1, 0.15) is 19.8 Å². The fourth-order valence-corrected chi connectivity index (χ4v) is 4.64. The highest BCUT2D eigenvalue weighted by molar-refractivity contribution is 7.89. The van der Waals surface area contributed by atoms with Crippen molar-refractivity contribution < 1.29 is 22.0 Å². The number of benzene rings is 1. The molecule has 1 aliphatic carbocycles. The van der Waals surface area contributed by atoms with Crippen molar-refractivity contribution in [2.24, 2.45) is 5.92 Å². The van der Waals surface area contributed by atoms with Gasteiger partial charge >= 0.3 is 0 Å². The number of carbonyl (C=O) groups is 1. The van der Waals surface area contributed by atoms with Crippen molar-refractivity contribution in [1.82, 2.24) is 14.5 Å². The molecule has 1 saturated carbocycles. The Morgan fingerprint density at radius 3 is 2.46 bits per heavy atom. The zero-order chi connectivity index (χ0) is 18.9. The lowest BCUT2D eigenvalue weighted by Gasteiger charge is -2.33. The van der Waals surface area contributed by atoms with Crippen LogP contribution in [0.15, 0.2) is 23.1 Å². The van der Waals surface area contributed by atoms with Gasteiger partial charge in [0, 0.05) is 38.3 Å². The Balaban J connectivity index is 1.54. The molecule has 1 saturated heterocycles. The number of amides is 1. The summed E-state index contributed by atoms with van der Waals surface area (Å²) in [6.45, 7) is 3.29. The average molecular weight is 387 g/mol. The molecule has 1 aromatic rings. The first-order valence-electron chi connectivity index (χ1n) is 8.74. The Morgan fingerprint density at radius 1 is 1.23 bits per heavy atom. The minimum absolute atomic E-state index is 0.0645. The number of nitrogens with zero attached hydrogens (tertiary/aromatic N) is 2. The van der Waals surface area contributed by atoms with Crippen LogP contribution < -0.4 is 5.32 Å². The van der Waals surface area contributed by atoms with Crippen LogP contribution in [0.5, 0.6) is 0 Å². The minimum atomic E-state index is -4.02. The number of carbonyl (C=O) groups excluding carboxylic acids is 1. The highest BCUT2D eigenvalue weighted by Gasteiger charge is 2.32. The molecule has 0 radical (unpaired) electrons. The summed E-state index contributed by atoms with van der Waals surface area (Å²) in [7, 11) is -4.02. The van der Waals surface area contributed by atoms with Gasteiger partial charge in [0.1, 0.15) is 16.5 Å². The lowest BCUT2D eigenvalue weighted by molar-refractivity contribution is -0.123. The normalized spacial score (nSPS) is 20.7. The molecule has 9 heteroatoms. The third-order valence-corrected chi connectivity index (χ3v) is 6.86. The predicted molar refractivity (Wildman–Crippen MR) is 91.9 cm³/mol. The Bertz CT molecular complexity index is 775. The molecule has 1 amide bonds. The molecule has 6 nitrogen and oxygen atoms in total. The summed E-state index contributed by atoms with van der Waals surface area (Å²) < 4.78 is 53.1. The highest BCUT2D eigenvalue weighted by atomic mass is 32.2. The molecule has 1 N–H and O–H groups in total. The van der Waals surface area contributed by atoms with E-state index in [0.29, 0.717) is 25.1 Å². The van der Waals surface area contributed by atoms with Crippen LogP contribution >= 0.6 is 0 Å². The van der Waals surface area contributed by atoms with Crippen LogP contribution in [0.25, 0.3) is 0 Å². The van der Waals surface area contributed by atoms with E-state index in [2.05, 4.69) is 5.32 Å². The molecule has 1 aromatic carbocycles. The summed E-state index contributed by atoms with van der Waals surface area (Å²) in [5.41, 5.74) is 0. The van der Waals surface area contributed by atoms with E-state index in [4.69, 9.17) is 0 Å². The number of hydrogen-bond acceptors (Lipinski definition) is 4. The van der Waals surface area contributed by atoms with Crippen molar-refractivity contribution in [2.45, 2.75) is 30.7 Å². The fourth-order valence-electron chi connectivity index (χ4n) is 3.17. The van der Waals surface area contributed by atoms with E-state index in [1.807, 2.05) is 11.8 Å². The molecule has 0 bridgehead atoms. The van der Waals surface area contributed by atoms with Crippen molar-refractivity contribution in [1.29, 1.82) is 0 Å². The van der Waals surface area contributed by atoms with E-state index in [9.17, 15) is 22.0 Å². The fraction of sp³-hybridized carbons (Fsp3) is 0.588. The molecule has 0 spiro atoms. The van der Waals surface area contributed by atoms with Gasteiger partial charge in [-0.3, -0.25) is 9.69 Å². The molecule has 0 unspecified atom stereocenters. The smallest absolute Gasteiger partial charge is 0.246 e. The first kappa shape index (κ1) is 19.2. The van der Waals surface area contributed by atoms with Gasteiger partial charge in [-0.15, -0.1) is 0 Å². The van der Waals surface area contributed by atoms with E-state index in [1.54, 1.807) is 0 Å². The number of piperazine rings is 1. The molecule has 144 valence electrons.